The van der Waals surface area contributed by atoms with Gasteiger partial charge in [-0.15, -0.1) is 0 Å². The van der Waals surface area contributed by atoms with Crippen LogP contribution in [-0.2, 0) is 13.0 Å². The van der Waals surface area contributed by atoms with E-state index in [-0.39, 0.29) is 0 Å². The molecule has 0 saturated heterocycles. The Bertz CT molecular complexity index is 1210. The van der Waals surface area contributed by atoms with E-state index >= 15 is 0 Å². The number of ether oxygens (including phenoxy) is 4. The minimum Gasteiger partial charge on any atom is -0.493 e. The van der Waals surface area contributed by atoms with Crippen LogP contribution in [0.25, 0.3) is 22.0 Å². The van der Waals surface area contributed by atoms with Crippen LogP contribution in [0, 0.1) is 0 Å². The smallest absolute Gasteiger partial charge is 0.284 e. The number of aromatic nitrogens is 1. The van der Waals surface area contributed by atoms with E-state index in [0.717, 1.165) is 52.6 Å². The third kappa shape index (κ3) is 3.04. The number of hydrogen-bond donors (Lipinski definition) is 0. The van der Waals surface area contributed by atoms with Crippen molar-refractivity contribution < 1.29 is 23.5 Å². The first-order chi connectivity index (χ1) is 15.5. The van der Waals surface area contributed by atoms with Gasteiger partial charge in [-0.1, -0.05) is 0 Å². The fourth-order valence-electron chi connectivity index (χ4n) is 5.15. The Balaban J connectivity index is 1.84. The maximum absolute atomic E-state index is 5.92. The van der Waals surface area contributed by atoms with Crippen LogP contribution in [0.1, 0.15) is 29.9 Å². The second kappa shape index (κ2) is 7.76. The maximum Gasteiger partial charge on any atom is 0.284 e. The van der Waals surface area contributed by atoms with Gasteiger partial charge >= 0.3 is 0 Å². The molecule has 0 N–H and O–H groups in total. The van der Waals surface area contributed by atoms with Crippen molar-refractivity contribution in [1.82, 2.24) is 0 Å². The molecule has 0 radical (unpaired) electrons. The minimum absolute atomic E-state index is 0.553. The number of pyridine rings is 1. The number of anilines is 1. The highest BCUT2D eigenvalue weighted by Crippen LogP contribution is 2.52. The Morgan fingerprint density at radius 3 is 2.12 bits per heavy atom. The molecule has 0 spiro atoms. The summed E-state index contributed by atoms with van der Waals surface area (Å²) in [5.41, 5.74) is 4.90. The molecule has 1 fully saturated rings. The zero-order valence-corrected chi connectivity index (χ0v) is 19.7. The zero-order valence-electron chi connectivity index (χ0n) is 19.7. The van der Waals surface area contributed by atoms with Crippen molar-refractivity contribution in [2.45, 2.75) is 31.7 Å². The third-order valence-corrected chi connectivity index (χ3v) is 6.71. The summed E-state index contributed by atoms with van der Waals surface area (Å²) in [7, 11) is 11.0. The number of methoxy groups -OCH3 is 4. The van der Waals surface area contributed by atoms with Gasteiger partial charge in [-0.3, -0.25) is 4.90 Å². The summed E-state index contributed by atoms with van der Waals surface area (Å²) in [5, 5.41) is 2.26. The van der Waals surface area contributed by atoms with E-state index in [1.807, 2.05) is 0 Å². The highest BCUT2D eigenvalue weighted by atomic mass is 16.5. The van der Waals surface area contributed by atoms with E-state index in [2.05, 4.69) is 47.8 Å². The first-order valence-electron chi connectivity index (χ1n) is 11.1. The maximum atomic E-state index is 5.92. The number of benzene rings is 2. The molecule has 1 aromatic heterocycles. The molecule has 32 heavy (non-hydrogen) atoms. The van der Waals surface area contributed by atoms with Crippen LogP contribution in [0.5, 0.6) is 23.0 Å². The SMILES string of the molecule is COc1cc2cc3[n+](c(N(C)C)c2cc1OC)CCc1c-3cc(C2CC2)c(OC)c1OC. The van der Waals surface area contributed by atoms with Gasteiger partial charge in [-0.2, -0.15) is 0 Å². The van der Waals surface area contributed by atoms with Gasteiger partial charge in [0.2, 0.25) is 0 Å². The van der Waals surface area contributed by atoms with Crippen LogP contribution in [-0.4, -0.2) is 42.5 Å². The van der Waals surface area contributed by atoms with Crippen molar-refractivity contribution in [2.24, 2.45) is 0 Å². The summed E-state index contributed by atoms with van der Waals surface area (Å²) in [6.07, 6.45) is 3.29. The van der Waals surface area contributed by atoms with Crippen LogP contribution in [0.2, 0.25) is 0 Å². The first kappa shape index (κ1) is 20.7. The standard InChI is InChI=1S/C26H31N2O4/c1-27(2)26-19-14-23(30-4)22(29-3)12-16(19)11-21-20-13-18(15-7-8-15)25(32-6)24(31-5)17(20)9-10-28(21)26/h11-15H,7-10H2,1-6H3/q+1. The molecular formula is C26H31N2O4+. The zero-order chi connectivity index (χ0) is 22.6. The largest absolute Gasteiger partial charge is 0.493 e. The Hall–Kier alpha value is -3.15. The topological polar surface area (TPSA) is 44.0 Å². The molecule has 1 aliphatic carbocycles. The Morgan fingerprint density at radius 1 is 0.844 bits per heavy atom. The summed E-state index contributed by atoms with van der Waals surface area (Å²) < 4.78 is 25.4. The van der Waals surface area contributed by atoms with Crippen LogP contribution in [0.15, 0.2) is 24.3 Å². The summed E-state index contributed by atoms with van der Waals surface area (Å²) in [4.78, 5) is 2.19. The lowest BCUT2D eigenvalue weighted by atomic mass is 9.90. The average molecular weight is 436 g/mol. The van der Waals surface area contributed by atoms with Crippen molar-refractivity contribution in [1.29, 1.82) is 0 Å². The van der Waals surface area contributed by atoms with Gasteiger partial charge in [-0.05, 0) is 42.3 Å². The van der Waals surface area contributed by atoms with Crippen molar-refractivity contribution in [3.63, 3.8) is 0 Å². The highest BCUT2D eigenvalue weighted by molar-refractivity contribution is 5.95. The molecule has 6 heteroatoms. The molecule has 5 rings (SSSR count). The summed E-state index contributed by atoms with van der Waals surface area (Å²) in [5.74, 6) is 4.97. The molecule has 0 unspecified atom stereocenters. The molecule has 2 aromatic carbocycles. The molecule has 0 amide bonds. The van der Waals surface area contributed by atoms with Crippen LogP contribution in [0.3, 0.4) is 0 Å². The molecule has 1 saturated carbocycles. The summed E-state index contributed by atoms with van der Waals surface area (Å²) in [6, 6.07) is 8.76. The molecule has 2 aliphatic rings. The number of fused-ring (bicyclic) bond motifs is 4. The van der Waals surface area contributed by atoms with Crippen LogP contribution in [0.4, 0.5) is 5.82 Å². The Morgan fingerprint density at radius 2 is 1.53 bits per heavy atom. The second-order valence-corrected chi connectivity index (χ2v) is 8.78. The normalized spacial score (nSPS) is 14.6. The lowest BCUT2D eigenvalue weighted by Gasteiger charge is -2.26. The van der Waals surface area contributed by atoms with E-state index in [4.69, 9.17) is 18.9 Å². The van der Waals surface area contributed by atoms with Crippen LogP contribution < -0.4 is 28.4 Å². The van der Waals surface area contributed by atoms with Crippen molar-refractivity contribution in [3.05, 3.63) is 35.4 Å². The van der Waals surface area contributed by atoms with Gasteiger partial charge < -0.3 is 18.9 Å². The highest BCUT2D eigenvalue weighted by Gasteiger charge is 2.35. The minimum atomic E-state index is 0.553. The molecule has 0 bridgehead atoms. The predicted octanol–water partition coefficient (Wildman–Crippen LogP) is 4.33. The quantitative estimate of drug-likeness (QED) is 0.540. The number of hydrogen-bond acceptors (Lipinski definition) is 5. The lowest BCUT2D eigenvalue weighted by Crippen LogP contribution is -2.45. The molecule has 6 nitrogen and oxygen atoms in total. The van der Waals surface area contributed by atoms with Crippen LogP contribution >= 0.6 is 0 Å². The van der Waals surface area contributed by atoms with Gasteiger partial charge in [-0.25, -0.2) is 4.57 Å². The summed E-state index contributed by atoms with van der Waals surface area (Å²) in [6.45, 7) is 0.864. The number of rotatable bonds is 6. The molecule has 3 aromatic rings. The molecule has 1 aliphatic heterocycles. The van der Waals surface area contributed by atoms with E-state index in [9.17, 15) is 0 Å². The first-order valence-corrected chi connectivity index (χ1v) is 11.1. The monoisotopic (exact) mass is 435 g/mol. The van der Waals surface area contributed by atoms with Crippen molar-refractivity contribution in [3.8, 4) is 34.3 Å². The molecule has 168 valence electrons. The molecular weight excluding hydrogens is 404 g/mol. The van der Waals surface area contributed by atoms with Gasteiger partial charge in [0.05, 0.1) is 54.5 Å². The second-order valence-electron chi connectivity index (χ2n) is 8.78. The van der Waals surface area contributed by atoms with Crippen molar-refractivity contribution >= 4 is 16.6 Å². The van der Waals surface area contributed by atoms with E-state index in [1.54, 1.807) is 28.4 Å². The fourth-order valence-corrected chi connectivity index (χ4v) is 5.15. The third-order valence-electron chi connectivity index (χ3n) is 6.71. The Labute approximate surface area is 189 Å². The molecule has 2 heterocycles. The van der Waals surface area contributed by atoms with Gasteiger partial charge in [0.1, 0.15) is 5.69 Å². The Kier molecular flexibility index (Phi) is 5.03. The van der Waals surface area contributed by atoms with E-state index in [1.165, 1.54) is 35.2 Å². The van der Waals surface area contributed by atoms with Gasteiger partial charge in [0, 0.05) is 29.2 Å². The average Bonchev–Trinajstić information content (AvgIpc) is 3.65. The predicted molar refractivity (Wildman–Crippen MR) is 126 cm³/mol. The lowest BCUT2D eigenvalue weighted by molar-refractivity contribution is -0.674. The molecule has 0 atom stereocenters. The van der Waals surface area contributed by atoms with Gasteiger partial charge in [0.15, 0.2) is 23.0 Å². The summed E-state index contributed by atoms with van der Waals surface area (Å²) >= 11 is 0. The number of nitrogens with zero attached hydrogens (tertiary/aromatic N) is 2. The van der Waals surface area contributed by atoms with E-state index in [0.29, 0.717) is 5.92 Å². The van der Waals surface area contributed by atoms with Crippen molar-refractivity contribution in [2.75, 3.05) is 47.4 Å². The van der Waals surface area contributed by atoms with Gasteiger partial charge in [0.25, 0.3) is 5.82 Å². The fraction of sp³-hybridized carbons (Fsp3) is 0.423. The van der Waals surface area contributed by atoms with E-state index < -0.39 is 0 Å².